The number of unbranched alkanes of at least 4 members (excludes halogenated alkanes) is 1. The van der Waals surface area contributed by atoms with Crippen LogP contribution in [0.1, 0.15) is 18.4 Å². The molecule has 2 aromatic rings. The summed E-state index contributed by atoms with van der Waals surface area (Å²) in [6.07, 6.45) is 3.05. The van der Waals surface area contributed by atoms with Gasteiger partial charge in [0.2, 0.25) is 0 Å². The molecule has 0 atom stereocenters. The van der Waals surface area contributed by atoms with Crippen LogP contribution in [0, 0.1) is 0 Å². The fourth-order valence-electron chi connectivity index (χ4n) is 2.04. The lowest BCUT2D eigenvalue weighted by Gasteiger charge is -2.08. The van der Waals surface area contributed by atoms with E-state index in [2.05, 4.69) is 22.8 Å². The molecule has 2 amide bonds. The lowest BCUT2D eigenvalue weighted by Crippen LogP contribution is -2.29. The smallest absolute Gasteiger partial charge is 0.319 e. The van der Waals surface area contributed by atoms with Gasteiger partial charge in [0, 0.05) is 17.3 Å². The summed E-state index contributed by atoms with van der Waals surface area (Å²) in [5.41, 5.74) is 2.03. The van der Waals surface area contributed by atoms with Crippen molar-refractivity contribution in [2.45, 2.75) is 19.3 Å². The van der Waals surface area contributed by atoms with Crippen molar-refractivity contribution in [2.24, 2.45) is 0 Å². The number of aryl methyl sites for hydroxylation is 1. The van der Waals surface area contributed by atoms with Gasteiger partial charge in [-0.2, -0.15) is 0 Å². The highest BCUT2D eigenvalue weighted by Crippen LogP contribution is 2.14. The van der Waals surface area contributed by atoms with Gasteiger partial charge in [0.25, 0.3) is 0 Å². The summed E-state index contributed by atoms with van der Waals surface area (Å²) in [5.74, 6) is 0. The van der Waals surface area contributed by atoms with Gasteiger partial charge in [-0.15, -0.1) is 0 Å². The fourth-order valence-corrected chi connectivity index (χ4v) is 2.23. The van der Waals surface area contributed by atoms with Gasteiger partial charge in [-0.25, -0.2) is 4.79 Å². The van der Waals surface area contributed by atoms with Crippen molar-refractivity contribution in [3.05, 3.63) is 65.2 Å². The minimum atomic E-state index is -0.197. The molecule has 2 N–H and O–H groups in total. The Hall–Kier alpha value is -2.00. The zero-order chi connectivity index (χ0) is 14.9. The molecule has 0 aliphatic heterocycles. The summed E-state index contributed by atoms with van der Waals surface area (Å²) in [6.45, 7) is 0.666. The fraction of sp³-hybridized carbons (Fsp3) is 0.235. The summed E-state index contributed by atoms with van der Waals surface area (Å²) < 4.78 is 0. The zero-order valence-electron chi connectivity index (χ0n) is 11.8. The molecule has 0 bridgehead atoms. The largest absolute Gasteiger partial charge is 0.338 e. The summed E-state index contributed by atoms with van der Waals surface area (Å²) in [4.78, 5) is 11.7. The predicted molar refractivity (Wildman–Crippen MR) is 87.9 cm³/mol. The number of hydrogen-bond acceptors (Lipinski definition) is 1. The minimum absolute atomic E-state index is 0.197. The average Bonchev–Trinajstić information content (AvgIpc) is 2.48. The van der Waals surface area contributed by atoms with Gasteiger partial charge in [0.05, 0.1) is 0 Å². The molecular formula is C17H19ClN2O. The number of anilines is 1. The molecule has 0 radical (unpaired) electrons. The second-order valence-electron chi connectivity index (χ2n) is 4.83. The molecule has 2 aromatic carbocycles. The van der Waals surface area contributed by atoms with Crippen LogP contribution in [0.5, 0.6) is 0 Å². The number of halogens is 1. The Morgan fingerprint density at radius 1 is 1.00 bits per heavy atom. The van der Waals surface area contributed by atoms with E-state index in [4.69, 9.17) is 11.6 Å². The molecule has 0 heterocycles. The topological polar surface area (TPSA) is 41.1 Å². The van der Waals surface area contributed by atoms with Crippen molar-refractivity contribution in [2.75, 3.05) is 11.9 Å². The molecule has 0 aliphatic carbocycles. The third-order valence-corrected chi connectivity index (χ3v) is 3.34. The second-order valence-corrected chi connectivity index (χ2v) is 5.27. The van der Waals surface area contributed by atoms with E-state index in [1.807, 2.05) is 18.2 Å². The molecule has 0 aliphatic rings. The van der Waals surface area contributed by atoms with Crippen LogP contribution in [0.25, 0.3) is 0 Å². The van der Waals surface area contributed by atoms with Crippen molar-refractivity contribution in [1.82, 2.24) is 5.32 Å². The molecule has 0 saturated heterocycles. The first kappa shape index (κ1) is 15.4. The monoisotopic (exact) mass is 302 g/mol. The Bertz CT molecular complexity index is 572. The SMILES string of the molecule is O=C(NCCCCc1ccccc1)Nc1cccc(Cl)c1. The first-order chi connectivity index (χ1) is 10.2. The number of amides is 2. The number of carbonyl (C=O) groups is 1. The van der Waals surface area contributed by atoms with Crippen LogP contribution in [0.15, 0.2) is 54.6 Å². The Labute approximate surface area is 130 Å². The molecule has 4 heteroatoms. The molecule has 0 aromatic heterocycles. The first-order valence-corrected chi connectivity index (χ1v) is 7.46. The maximum atomic E-state index is 11.7. The van der Waals surface area contributed by atoms with Gasteiger partial charge in [0.15, 0.2) is 0 Å². The maximum Gasteiger partial charge on any atom is 0.319 e. The number of urea groups is 1. The standard InChI is InChI=1S/C17H19ClN2O/c18-15-10-6-11-16(13-15)20-17(21)19-12-5-4-9-14-7-2-1-3-8-14/h1-3,6-8,10-11,13H,4-5,9,12H2,(H2,19,20,21). The Morgan fingerprint density at radius 2 is 1.81 bits per heavy atom. The van der Waals surface area contributed by atoms with Crippen molar-refractivity contribution >= 4 is 23.3 Å². The predicted octanol–water partition coefficient (Wildman–Crippen LogP) is 4.48. The van der Waals surface area contributed by atoms with Crippen molar-refractivity contribution in [3.8, 4) is 0 Å². The normalized spacial score (nSPS) is 10.1. The Kier molecular flexibility index (Phi) is 6.10. The van der Waals surface area contributed by atoms with E-state index in [0.717, 1.165) is 19.3 Å². The van der Waals surface area contributed by atoms with Gasteiger partial charge in [-0.05, 0) is 43.0 Å². The maximum absolute atomic E-state index is 11.7. The van der Waals surface area contributed by atoms with E-state index in [-0.39, 0.29) is 6.03 Å². The number of nitrogens with one attached hydrogen (secondary N) is 2. The quantitative estimate of drug-likeness (QED) is 0.759. The summed E-state index contributed by atoms with van der Waals surface area (Å²) in [5, 5.41) is 6.21. The molecule has 0 saturated carbocycles. The molecular weight excluding hydrogens is 284 g/mol. The van der Waals surface area contributed by atoms with Crippen LogP contribution in [-0.4, -0.2) is 12.6 Å². The van der Waals surface area contributed by atoms with E-state index in [0.29, 0.717) is 17.3 Å². The zero-order valence-corrected chi connectivity index (χ0v) is 12.6. The number of rotatable bonds is 6. The van der Waals surface area contributed by atoms with Crippen LogP contribution in [0.4, 0.5) is 10.5 Å². The van der Waals surface area contributed by atoms with Crippen LogP contribution in [0.2, 0.25) is 5.02 Å². The number of benzene rings is 2. The van der Waals surface area contributed by atoms with E-state index in [9.17, 15) is 4.79 Å². The van der Waals surface area contributed by atoms with Gasteiger partial charge >= 0.3 is 6.03 Å². The van der Waals surface area contributed by atoms with Crippen molar-refractivity contribution in [3.63, 3.8) is 0 Å². The van der Waals surface area contributed by atoms with Crippen LogP contribution < -0.4 is 10.6 Å². The van der Waals surface area contributed by atoms with E-state index >= 15 is 0 Å². The van der Waals surface area contributed by atoms with Gasteiger partial charge in [-0.3, -0.25) is 0 Å². The highest BCUT2D eigenvalue weighted by molar-refractivity contribution is 6.30. The van der Waals surface area contributed by atoms with Crippen molar-refractivity contribution < 1.29 is 4.79 Å². The minimum Gasteiger partial charge on any atom is -0.338 e. The van der Waals surface area contributed by atoms with E-state index in [1.165, 1.54) is 5.56 Å². The van der Waals surface area contributed by atoms with Gasteiger partial charge in [-0.1, -0.05) is 48.0 Å². The molecule has 21 heavy (non-hydrogen) atoms. The molecule has 0 spiro atoms. The molecule has 110 valence electrons. The summed E-state index contributed by atoms with van der Waals surface area (Å²) in [7, 11) is 0. The highest BCUT2D eigenvalue weighted by Gasteiger charge is 2.01. The molecule has 0 fully saturated rings. The van der Waals surface area contributed by atoms with E-state index in [1.54, 1.807) is 24.3 Å². The lowest BCUT2D eigenvalue weighted by atomic mass is 10.1. The van der Waals surface area contributed by atoms with Gasteiger partial charge < -0.3 is 10.6 Å². The Balaban J connectivity index is 1.61. The third-order valence-electron chi connectivity index (χ3n) is 3.10. The van der Waals surface area contributed by atoms with Crippen LogP contribution in [-0.2, 0) is 6.42 Å². The highest BCUT2D eigenvalue weighted by atomic mass is 35.5. The number of hydrogen-bond donors (Lipinski definition) is 2. The Morgan fingerprint density at radius 3 is 2.57 bits per heavy atom. The molecule has 0 unspecified atom stereocenters. The summed E-state index contributed by atoms with van der Waals surface area (Å²) >= 11 is 5.86. The summed E-state index contributed by atoms with van der Waals surface area (Å²) in [6, 6.07) is 17.3. The molecule has 2 rings (SSSR count). The first-order valence-electron chi connectivity index (χ1n) is 7.08. The van der Waals surface area contributed by atoms with Crippen LogP contribution >= 0.6 is 11.6 Å². The third kappa shape index (κ3) is 5.88. The van der Waals surface area contributed by atoms with Crippen LogP contribution in [0.3, 0.4) is 0 Å². The van der Waals surface area contributed by atoms with Gasteiger partial charge in [0.1, 0.15) is 0 Å². The molecule has 3 nitrogen and oxygen atoms in total. The van der Waals surface area contributed by atoms with Crippen molar-refractivity contribution in [1.29, 1.82) is 0 Å². The average molecular weight is 303 g/mol. The number of carbonyl (C=O) groups excluding carboxylic acids is 1. The second kappa shape index (κ2) is 8.32. The lowest BCUT2D eigenvalue weighted by molar-refractivity contribution is 0.252. The van der Waals surface area contributed by atoms with E-state index < -0.39 is 0 Å².